The standard InChI is InChI=1S/C9H7NO3/c1-2-13-8-6-4-3-5-7(8)9(11)10-12/h1,3-6,12H,(H,10,11). The second kappa shape index (κ2) is 4.14. The quantitative estimate of drug-likeness (QED) is 0.398. The first-order valence-corrected chi connectivity index (χ1v) is 3.45. The zero-order chi connectivity index (χ0) is 9.68. The molecule has 4 nitrogen and oxygen atoms in total. The number of rotatable bonds is 2. The van der Waals surface area contributed by atoms with Gasteiger partial charge >= 0.3 is 0 Å². The smallest absolute Gasteiger partial charge is 0.278 e. The first-order valence-electron chi connectivity index (χ1n) is 3.45. The number of hydrogen-bond acceptors (Lipinski definition) is 3. The molecule has 0 fully saturated rings. The van der Waals surface area contributed by atoms with Gasteiger partial charge in [0, 0.05) is 0 Å². The average Bonchev–Trinajstić information content (AvgIpc) is 2.18. The number of hydrogen-bond donors (Lipinski definition) is 2. The van der Waals surface area contributed by atoms with Gasteiger partial charge in [-0.2, -0.15) is 0 Å². The van der Waals surface area contributed by atoms with E-state index in [-0.39, 0.29) is 11.3 Å². The van der Waals surface area contributed by atoms with E-state index in [0.717, 1.165) is 0 Å². The molecule has 0 unspecified atom stereocenters. The minimum Gasteiger partial charge on any atom is -0.407 e. The van der Waals surface area contributed by atoms with Gasteiger partial charge in [-0.15, -0.1) is 0 Å². The number of benzene rings is 1. The third-order valence-corrected chi connectivity index (χ3v) is 1.40. The molecule has 13 heavy (non-hydrogen) atoms. The Labute approximate surface area is 75.1 Å². The molecule has 0 atom stereocenters. The zero-order valence-electron chi connectivity index (χ0n) is 6.65. The van der Waals surface area contributed by atoms with Crippen LogP contribution in [0.5, 0.6) is 5.75 Å². The van der Waals surface area contributed by atoms with Gasteiger partial charge in [-0.05, 0) is 12.1 Å². The molecule has 0 aliphatic heterocycles. The van der Waals surface area contributed by atoms with Crippen molar-refractivity contribution in [3.8, 4) is 18.3 Å². The molecular formula is C9H7NO3. The van der Waals surface area contributed by atoms with Crippen molar-refractivity contribution in [1.82, 2.24) is 5.48 Å². The maximum absolute atomic E-state index is 11.0. The SMILES string of the molecule is C#COc1ccccc1C(=O)NO. The van der Waals surface area contributed by atoms with Crippen molar-refractivity contribution in [2.45, 2.75) is 0 Å². The summed E-state index contributed by atoms with van der Waals surface area (Å²) in [5, 5.41) is 8.37. The van der Waals surface area contributed by atoms with Gasteiger partial charge in [-0.3, -0.25) is 10.0 Å². The van der Waals surface area contributed by atoms with Crippen LogP contribution in [-0.2, 0) is 0 Å². The van der Waals surface area contributed by atoms with Crippen LogP contribution in [0.2, 0.25) is 0 Å². The Morgan fingerprint density at radius 2 is 2.23 bits per heavy atom. The molecule has 0 saturated heterocycles. The highest BCUT2D eigenvalue weighted by atomic mass is 16.5. The van der Waals surface area contributed by atoms with Crippen molar-refractivity contribution in [2.75, 3.05) is 0 Å². The molecule has 0 aliphatic rings. The Morgan fingerprint density at radius 3 is 2.85 bits per heavy atom. The predicted octanol–water partition coefficient (Wildman–Crippen LogP) is 0.775. The van der Waals surface area contributed by atoms with Crippen LogP contribution in [0.1, 0.15) is 10.4 Å². The molecule has 0 aliphatic carbocycles. The minimum absolute atomic E-state index is 0.183. The Bertz CT molecular complexity index is 354. The van der Waals surface area contributed by atoms with Crippen LogP contribution in [0.25, 0.3) is 0 Å². The molecule has 0 radical (unpaired) electrons. The number of para-hydroxylation sites is 1. The van der Waals surface area contributed by atoms with Crippen LogP contribution in [0.4, 0.5) is 0 Å². The Morgan fingerprint density at radius 1 is 1.54 bits per heavy atom. The highest BCUT2D eigenvalue weighted by Gasteiger charge is 2.09. The Balaban J connectivity index is 3.05. The topological polar surface area (TPSA) is 58.6 Å². The molecule has 0 aromatic heterocycles. The molecule has 1 aromatic rings. The normalized spacial score (nSPS) is 8.62. The summed E-state index contributed by atoms with van der Waals surface area (Å²) in [4.78, 5) is 11.0. The highest BCUT2D eigenvalue weighted by Crippen LogP contribution is 2.16. The van der Waals surface area contributed by atoms with Gasteiger partial charge in [0.15, 0.2) is 5.75 Å². The van der Waals surface area contributed by atoms with Gasteiger partial charge < -0.3 is 4.74 Å². The predicted molar refractivity (Wildman–Crippen MR) is 45.2 cm³/mol. The van der Waals surface area contributed by atoms with E-state index in [1.165, 1.54) is 17.6 Å². The lowest BCUT2D eigenvalue weighted by atomic mass is 10.2. The zero-order valence-corrected chi connectivity index (χ0v) is 6.65. The third kappa shape index (κ3) is 1.98. The van der Waals surface area contributed by atoms with Gasteiger partial charge in [0.2, 0.25) is 0 Å². The lowest BCUT2D eigenvalue weighted by Gasteiger charge is -2.03. The summed E-state index contributed by atoms with van der Waals surface area (Å²) >= 11 is 0. The summed E-state index contributed by atoms with van der Waals surface area (Å²) in [6, 6.07) is 6.32. The lowest BCUT2D eigenvalue weighted by molar-refractivity contribution is 0.0704. The van der Waals surface area contributed by atoms with Crippen molar-refractivity contribution in [2.24, 2.45) is 0 Å². The van der Waals surface area contributed by atoms with Crippen molar-refractivity contribution in [1.29, 1.82) is 0 Å². The minimum atomic E-state index is -0.661. The van der Waals surface area contributed by atoms with E-state index in [2.05, 4.69) is 0 Å². The van der Waals surface area contributed by atoms with Crippen LogP contribution in [0.15, 0.2) is 24.3 Å². The van der Waals surface area contributed by atoms with E-state index in [9.17, 15) is 4.79 Å². The molecule has 0 heterocycles. The summed E-state index contributed by atoms with van der Waals surface area (Å²) in [5.41, 5.74) is 1.68. The molecule has 1 rings (SSSR count). The second-order valence-corrected chi connectivity index (χ2v) is 2.16. The van der Waals surface area contributed by atoms with E-state index >= 15 is 0 Å². The molecule has 2 N–H and O–H groups in total. The molecule has 66 valence electrons. The Kier molecular flexibility index (Phi) is 2.90. The van der Waals surface area contributed by atoms with E-state index in [1.807, 2.05) is 6.11 Å². The first kappa shape index (κ1) is 9.10. The van der Waals surface area contributed by atoms with Gasteiger partial charge in [-0.1, -0.05) is 18.6 Å². The van der Waals surface area contributed by atoms with Crippen LogP contribution in [0, 0.1) is 12.5 Å². The summed E-state index contributed by atoms with van der Waals surface area (Å²) in [6.45, 7) is 0. The first-order chi connectivity index (χ1) is 6.29. The largest absolute Gasteiger partial charge is 0.407 e. The summed E-state index contributed by atoms with van der Waals surface area (Å²) in [5.74, 6) is -0.428. The van der Waals surface area contributed by atoms with Crippen LogP contribution in [0.3, 0.4) is 0 Å². The van der Waals surface area contributed by atoms with E-state index in [0.29, 0.717) is 0 Å². The average molecular weight is 177 g/mol. The second-order valence-electron chi connectivity index (χ2n) is 2.16. The fourth-order valence-electron chi connectivity index (χ4n) is 0.867. The summed E-state index contributed by atoms with van der Waals surface area (Å²) < 4.78 is 4.72. The fraction of sp³-hybridized carbons (Fsp3) is 0. The van der Waals surface area contributed by atoms with Gasteiger partial charge in [0.05, 0.1) is 5.56 Å². The summed E-state index contributed by atoms with van der Waals surface area (Å²) in [6.07, 6.45) is 6.85. The van der Waals surface area contributed by atoms with Crippen molar-refractivity contribution in [3.63, 3.8) is 0 Å². The van der Waals surface area contributed by atoms with Crippen molar-refractivity contribution < 1.29 is 14.7 Å². The van der Waals surface area contributed by atoms with Crippen molar-refractivity contribution >= 4 is 5.91 Å². The molecule has 1 amide bonds. The van der Waals surface area contributed by atoms with Crippen LogP contribution >= 0.6 is 0 Å². The molecule has 0 spiro atoms. The van der Waals surface area contributed by atoms with E-state index in [1.54, 1.807) is 12.1 Å². The molecule has 4 heteroatoms. The Hall–Kier alpha value is -1.99. The fourth-order valence-corrected chi connectivity index (χ4v) is 0.867. The van der Waals surface area contributed by atoms with E-state index in [4.69, 9.17) is 16.4 Å². The molecular weight excluding hydrogens is 170 g/mol. The molecule has 0 bridgehead atoms. The number of nitrogens with one attached hydrogen (secondary N) is 1. The number of ether oxygens (including phenoxy) is 1. The maximum atomic E-state index is 11.0. The lowest BCUT2D eigenvalue weighted by Crippen LogP contribution is -2.19. The number of carbonyl (C=O) groups is 1. The van der Waals surface area contributed by atoms with Crippen molar-refractivity contribution in [3.05, 3.63) is 29.8 Å². The highest BCUT2D eigenvalue weighted by molar-refractivity contribution is 5.96. The maximum Gasteiger partial charge on any atom is 0.278 e. The third-order valence-electron chi connectivity index (χ3n) is 1.40. The molecule has 0 saturated carbocycles. The summed E-state index contributed by atoms with van der Waals surface area (Å²) in [7, 11) is 0. The van der Waals surface area contributed by atoms with Crippen LogP contribution < -0.4 is 10.2 Å². The van der Waals surface area contributed by atoms with Gasteiger partial charge in [0.1, 0.15) is 6.11 Å². The molecule has 1 aromatic carbocycles. The number of terminal acetylenes is 1. The van der Waals surface area contributed by atoms with Gasteiger partial charge in [0.25, 0.3) is 5.91 Å². The number of amides is 1. The number of carbonyl (C=O) groups excluding carboxylic acids is 1. The van der Waals surface area contributed by atoms with Gasteiger partial charge in [-0.25, -0.2) is 5.48 Å². The monoisotopic (exact) mass is 177 g/mol. The van der Waals surface area contributed by atoms with E-state index < -0.39 is 5.91 Å². The van der Waals surface area contributed by atoms with Crippen LogP contribution in [-0.4, -0.2) is 11.1 Å². The number of hydroxylamine groups is 1.